The summed E-state index contributed by atoms with van der Waals surface area (Å²) in [6.45, 7) is 2.57. The highest BCUT2D eigenvalue weighted by Gasteiger charge is 2.18. The first-order chi connectivity index (χ1) is 16.7. The highest BCUT2D eigenvalue weighted by molar-refractivity contribution is 7.98. The molecule has 0 saturated carbocycles. The van der Waals surface area contributed by atoms with Crippen molar-refractivity contribution in [3.63, 3.8) is 0 Å². The molecule has 0 atom stereocenters. The van der Waals surface area contributed by atoms with Gasteiger partial charge in [0.25, 0.3) is 0 Å². The molecular formula is C25H20ClN5O2S. The summed E-state index contributed by atoms with van der Waals surface area (Å²) in [5.41, 5.74) is 2.65. The molecule has 2 heterocycles. The Labute approximate surface area is 205 Å². The van der Waals surface area contributed by atoms with Crippen molar-refractivity contribution in [2.45, 2.75) is 17.8 Å². The van der Waals surface area contributed by atoms with E-state index in [0.29, 0.717) is 40.1 Å². The van der Waals surface area contributed by atoms with Crippen molar-refractivity contribution in [2.75, 3.05) is 6.61 Å². The third-order valence-electron chi connectivity index (χ3n) is 4.93. The fourth-order valence-electron chi connectivity index (χ4n) is 3.40. The number of hydrogen-bond acceptors (Lipinski definition) is 7. The van der Waals surface area contributed by atoms with E-state index < -0.39 is 0 Å². The van der Waals surface area contributed by atoms with E-state index >= 15 is 0 Å². The van der Waals surface area contributed by atoms with Crippen LogP contribution in [0.4, 0.5) is 0 Å². The average Bonchev–Trinajstić information content (AvgIpc) is 3.51. The number of halogens is 1. The zero-order valence-electron chi connectivity index (χ0n) is 18.3. The molecule has 0 aliphatic carbocycles. The first-order valence-electron chi connectivity index (χ1n) is 10.7. The van der Waals surface area contributed by atoms with Crippen LogP contribution in [0.3, 0.4) is 0 Å². The number of hydrogen-bond donors (Lipinski definition) is 0. The Morgan fingerprint density at radius 2 is 1.68 bits per heavy atom. The van der Waals surface area contributed by atoms with Crippen molar-refractivity contribution in [3.05, 3.63) is 89.8 Å². The van der Waals surface area contributed by atoms with Gasteiger partial charge >= 0.3 is 0 Å². The Kier molecular flexibility index (Phi) is 6.60. The zero-order chi connectivity index (χ0) is 23.3. The molecular weight excluding hydrogens is 470 g/mol. The van der Waals surface area contributed by atoms with E-state index in [1.165, 1.54) is 11.8 Å². The lowest BCUT2D eigenvalue weighted by atomic mass is 10.2. The van der Waals surface area contributed by atoms with Crippen LogP contribution in [0, 0.1) is 0 Å². The molecule has 170 valence electrons. The predicted octanol–water partition coefficient (Wildman–Crippen LogP) is 6.33. The highest BCUT2D eigenvalue weighted by atomic mass is 35.5. The van der Waals surface area contributed by atoms with Crippen molar-refractivity contribution in [1.29, 1.82) is 0 Å². The first kappa shape index (κ1) is 22.2. The number of aromatic nitrogens is 5. The maximum Gasteiger partial charge on any atom is 0.247 e. The van der Waals surface area contributed by atoms with Crippen molar-refractivity contribution in [1.82, 2.24) is 25.0 Å². The standard InChI is InChI=1S/C25H20ClN5O2S/c1-2-32-21-13-11-20(12-14-21)31-23(18-9-6-10-19(26)15-18)28-30-25(31)34-16-22-27-29-24(33-22)17-7-4-3-5-8-17/h3-15H,2,16H2,1H3. The largest absolute Gasteiger partial charge is 0.494 e. The molecule has 0 aliphatic heterocycles. The molecule has 3 aromatic carbocycles. The van der Waals surface area contributed by atoms with Gasteiger partial charge in [0.2, 0.25) is 11.8 Å². The van der Waals surface area contributed by atoms with Crippen LogP contribution in [-0.2, 0) is 5.75 Å². The van der Waals surface area contributed by atoms with E-state index in [4.69, 9.17) is 20.8 Å². The van der Waals surface area contributed by atoms with Gasteiger partial charge in [-0.2, -0.15) is 0 Å². The summed E-state index contributed by atoms with van der Waals surface area (Å²) >= 11 is 7.71. The van der Waals surface area contributed by atoms with E-state index in [0.717, 1.165) is 22.6 Å². The Balaban J connectivity index is 1.45. The molecule has 9 heteroatoms. The molecule has 5 aromatic rings. The lowest BCUT2D eigenvalue weighted by Crippen LogP contribution is -2.00. The summed E-state index contributed by atoms with van der Waals surface area (Å²) in [6.07, 6.45) is 0. The van der Waals surface area contributed by atoms with Gasteiger partial charge < -0.3 is 9.15 Å². The van der Waals surface area contributed by atoms with Crippen LogP contribution in [0.1, 0.15) is 12.8 Å². The highest BCUT2D eigenvalue weighted by Crippen LogP contribution is 2.31. The summed E-state index contributed by atoms with van der Waals surface area (Å²) in [5.74, 6) is 2.94. The number of nitrogens with zero attached hydrogens (tertiary/aromatic N) is 5. The van der Waals surface area contributed by atoms with E-state index in [9.17, 15) is 0 Å². The smallest absolute Gasteiger partial charge is 0.247 e. The SMILES string of the molecule is CCOc1ccc(-n2c(SCc3nnc(-c4ccccc4)o3)nnc2-c2cccc(Cl)c2)cc1. The van der Waals surface area contributed by atoms with Gasteiger partial charge in [-0.15, -0.1) is 20.4 Å². The molecule has 0 N–H and O–H groups in total. The molecule has 2 aromatic heterocycles. The normalized spacial score (nSPS) is 11.0. The van der Waals surface area contributed by atoms with Gasteiger partial charge in [0.1, 0.15) is 5.75 Å². The molecule has 34 heavy (non-hydrogen) atoms. The fraction of sp³-hybridized carbons (Fsp3) is 0.120. The summed E-state index contributed by atoms with van der Waals surface area (Å²) in [6, 6.07) is 25.1. The molecule has 5 rings (SSSR count). The van der Waals surface area contributed by atoms with Crippen LogP contribution in [0.15, 0.2) is 88.4 Å². The Hall–Kier alpha value is -3.62. The molecule has 0 aliphatic rings. The molecule has 0 saturated heterocycles. The maximum atomic E-state index is 6.24. The van der Waals surface area contributed by atoms with Gasteiger partial charge in [-0.3, -0.25) is 4.57 Å². The summed E-state index contributed by atoms with van der Waals surface area (Å²) in [7, 11) is 0. The maximum absolute atomic E-state index is 6.24. The Morgan fingerprint density at radius 3 is 2.44 bits per heavy atom. The number of rotatable bonds is 8. The lowest BCUT2D eigenvalue weighted by Gasteiger charge is -2.11. The van der Waals surface area contributed by atoms with Crippen molar-refractivity contribution in [3.8, 4) is 34.3 Å². The molecule has 0 bridgehead atoms. The van der Waals surface area contributed by atoms with Crippen LogP contribution in [-0.4, -0.2) is 31.6 Å². The van der Waals surface area contributed by atoms with Gasteiger partial charge in [0, 0.05) is 21.8 Å². The fourth-order valence-corrected chi connectivity index (χ4v) is 4.38. The van der Waals surface area contributed by atoms with Crippen molar-refractivity contribution < 1.29 is 9.15 Å². The minimum atomic E-state index is 0.449. The second-order valence-corrected chi connectivity index (χ2v) is 8.61. The average molecular weight is 490 g/mol. The van der Waals surface area contributed by atoms with Gasteiger partial charge in [0.15, 0.2) is 11.0 Å². The second-order valence-electron chi connectivity index (χ2n) is 7.23. The molecule has 7 nitrogen and oxygen atoms in total. The minimum absolute atomic E-state index is 0.449. The molecule has 0 radical (unpaired) electrons. The predicted molar refractivity (Wildman–Crippen MR) is 132 cm³/mol. The first-order valence-corrected chi connectivity index (χ1v) is 12.0. The Morgan fingerprint density at radius 1 is 0.882 bits per heavy atom. The topological polar surface area (TPSA) is 78.9 Å². The van der Waals surface area contributed by atoms with Crippen LogP contribution in [0.2, 0.25) is 5.02 Å². The molecule has 0 fully saturated rings. The van der Waals surface area contributed by atoms with Crippen molar-refractivity contribution >= 4 is 23.4 Å². The van der Waals surface area contributed by atoms with Crippen LogP contribution in [0.25, 0.3) is 28.5 Å². The molecule has 0 unspecified atom stereocenters. The number of thioether (sulfide) groups is 1. The van der Waals surface area contributed by atoms with Gasteiger partial charge in [-0.25, -0.2) is 0 Å². The van der Waals surface area contributed by atoms with Gasteiger partial charge in [-0.1, -0.05) is 53.7 Å². The third kappa shape index (κ3) is 4.83. The second kappa shape index (κ2) is 10.1. The van der Waals surface area contributed by atoms with E-state index in [-0.39, 0.29) is 0 Å². The Bertz CT molecular complexity index is 1390. The van der Waals surface area contributed by atoms with E-state index in [1.807, 2.05) is 90.4 Å². The summed E-state index contributed by atoms with van der Waals surface area (Å²) in [5, 5.41) is 18.6. The van der Waals surface area contributed by atoms with Crippen LogP contribution >= 0.6 is 23.4 Å². The number of benzene rings is 3. The van der Waals surface area contributed by atoms with Gasteiger partial charge in [0.05, 0.1) is 12.4 Å². The van der Waals surface area contributed by atoms with E-state index in [2.05, 4.69) is 20.4 Å². The quantitative estimate of drug-likeness (QED) is 0.236. The third-order valence-corrected chi connectivity index (χ3v) is 6.08. The number of ether oxygens (including phenoxy) is 1. The van der Waals surface area contributed by atoms with Crippen LogP contribution in [0.5, 0.6) is 5.75 Å². The molecule has 0 spiro atoms. The monoisotopic (exact) mass is 489 g/mol. The minimum Gasteiger partial charge on any atom is -0.494 e. The lowest BCUT2D eigenvalue weighted by molar-refractivity contribution is 0.340. The van der Waals surface area contributed by atoms with Crippen molar-refractivity contribution in [2.24, 2.45) is 0 Å². The van der Waals surface area contributed by atoms with E-state index in [1.54, 1.807) is 0 Å². The zero-order valence-corrected chi connectivity index (χ0v) is 19.8. The molecule has 0 amide bonds. The van der Waals surface area contributed by atoms with Gasteiger partial charge in [-0.05, 0) is 55.5 Å². The summed E-state index contributed by atoms with van der Waals surface area (Å²) < 4.78 is 13.4. The van der Waals surface area contributed by atoms with Crippen LogP contribution < -0.4 is 4.74 Å². The summed E-state index contributed by atoms with van der Waals surface area (Å²) in [4.78, 5) is 0.